The summed E-state index contributed by atoms with van der Waals surface area (Å²) in [5, 5.41) is 3.27. The molecule has 0 saturated heterocycles. The summed E-state index contributed by atoms with van der Waals surface area (Å²) in [6, 6.07) is 5.54. The van der Waals surface area contributed by atoms with Crippen LogP contribution in [0.3, 0.4) is 0 Å². The highest BCUT2D eigenvalue weighted by molar-refractivity contribution is 5.93. The molecule has 1 amide bonds. The Morgan fingerprint density at radius 2 is 2.29 bits per heavy atom. The van der Waals surface area contributed by atoms with Crippen LogP contribution in [-0.2, 0) is 6.54 Å². The predicted molar refractivity (Wildman–Crippen MR) is 69.4 cm³/mol. The third kappa shape index (κ3) is 3.61. The van der Waals surface area contributed by atoms with Crippen molar-refractivity contribution in [2.24, 2.45) is 5.73 Å². The number of nitrogens with one attached hydrogen (secondary N) is 1. The quantitative estimate of drug-likeness (QED) is 0.755. The first kappa shape index (κ1) is 13.3. The van der Waals surface area contributed by atoms with Crippen LogP contribution >= 0.6 is 0 Å². The van der Waals surface area contributed by atoms with Gasteiger partial charge in [0.2, 0.25) is 5.91 Å². The third-order valence-corrected chi connectivity index (χ3v) is 2.78. The monoisotopic (exact) mass is 230 g/mol. The Balaban J connectivity index is 2.73. The average molecular weight is 230 g/mol. The van der Waals surface area contributed by atoms with Crippen molar-refractivity contribution in [3.63, 3.8) is 0 Å². The fraction of sp³-hybridized carbons (Fsp3) is 0.357. The Hall–Kier alpha value is -1.79. The molecule has 1 rings (SSSR count). The van der Waals surface area contributed by atoms with Crippen LogP contribution in [0.2, 0.25) is 0 Å². The minimum absolute atomic E-state index is 0.0882. The second-order valence-corrected chi connectivity index (χ2v) is 4.01. The number of aryl methyl sites for hydroxylation is 1. The van der Waals surface area contributed by atoms with Crippen LogP contribution in [0, 0.1) is 19.3 Å². The maximum Gasteiger partial charge on any atom is 0.248 e. The summed E-state index contributed by atoms with van der Waals surface area (Å²) in [6.07, 6.45) is 6.27. The van der Waals surface area contributed by atoms with E-state index in [1.165, 1.54) is 0 Å². The fourth-order valence-corrected chi connectivity index (χ4v) is 1.60. The van der Waals surface area contributed by atoms with Crippen LogP contribution in [-0.4, -0.2) is 11.9 Å². The van der Waals surface area contributed by atoms with E-state index in [0.29, 0.717) is 12.1 Å². The number of rotatable bonds is 5. The fourth-order valence-electron chi connectivity index (χ4n) is 1.60. The van der Waals surface area contributed by atoms with Crippen molar-refractivity contribution >= 4 is 5.91 Å². The SMILES string of the molecule is C#CC(CC)NCc1ccc(C(N)=O)cc1C. The maximum atomic E-state index is 11.0. The summed E-state index contributed by atoms with van der Waals surface area (Å²) in [5.41, 5.74) is 7.92. The van der Waals surface area contributed by atoms with Crippen LogP contribution in [0.25, 0.3) is 0 Å². The van der Waals surface area contributed by atoms with Gasteiger partial charge in [-0.05, 0) is 36.6 Å². The second-order valence-electron chi connectivity index (χ2n) is 4.01. The molecule has 3 nitrogen and oxygen atoms in total. The number of terminal acetylenes is 1. The number of nitrogens with two attached hydrogens (primary N) is 1. The number of benzene rings is 1. The minimum atomic E-state index is -0.400. The van der Waals surface area contributed by atoms with Crippen molar-refractivity contribution in [3.05, 3.63) is 34.9 Å². The molecule has 1 aromatic rings. The van der Waals surface area contributed by atoms with Gasteiger partial charge in [0, 0.05) is 12.1 Å². The molecule has 0 aliphatic carbocycles. The molecule has 1 aromatic carbocycles. The van der Waals surface area contributed by atoms with E-state index in [0.717, 1.165) is 17.5 Å². The second kappa shape index (κ2) is 6.07. The van der Waals surface area contributed by atoms with Crippen LogP contribution in [0.4, 0.5) is 0 Å². The van der Waals surface area contributed by atoms with E-state index in [-0.39, 0.29) is 6.04 Å². The molecule has 0 spiro atoms. The molecule has 0 aliphatic heterocycles. The highest BCUT2D eigenvalue weighted by Gasteiger charge is 2.06. The van der Waals surface area contributed by atoms with Crippen molar-refractivity contribution in [1.82, 2.24) is 5.32 Å². The van der Waals surface area contributed by atoms with Crippen molar-refractivity contribution in [2.75, 3.05) is 0 Å². The zero-order valence-electron chi connectivity index (χ0n) is 10.3. The maximum absolute atomic E-state index is 11.0. The summed E-state index contributed by atoms with van der Waals surface area (Å²) in [7, 11) is 0. The Bertz CT molecular complexity index is 446. The van der Waals surface area contributed by atoms with Gasteiger partial charge in [0.1, 0.15) is 0 Å². The Morgan fingerprint density at radius 1 is 1.59 bits per heavy atom. The van der Waals surface area contributed by atoms with E-state index in [1.54, 1.807) is 12.1 Å². The lowest BCUT2D eigenvalue weighted by Gasteiger charge is -2.12. The van der Waals surface area contributed by atoms with Gasteiger partial charge in [-0.2, -0.15) is 0 Å². The predicted octanol–water partition coefficient (Wildman–Crippen LogP) is 1.60. The van der Waals surface area contributed by atoms with Gasteiger partial charge < -0.3 is 5.73 Å². The molecule has 1 unspecified atom stereocenters. The zero-order valence-corrected chi connectivity index (χ0v) is 10.3. The van der Waals surface area contributed by atoms with E-state index in [4.69, 9.17) is 12.2 Å². The van der Waals surface area contributed by atoms with Crippen molar-refractivity contribution in [3.8, 4) is 12.3 Å². The molecule has 1 atom stereocenters. The number of carbonyl (C=O) groups is 1. The lowest BCUT2D eigenvalue weighted by molar-refractivity contribution is 0.1000. The molecule has 3 N–H and O–H groups in total. The van der Waals surface area contributed by atoms with Gasteiger partial charge in [0.15, 0.2) is 0 Å². The average Bonchev–Trinajstić information content (AvgIpc) is 2.31. The number of hydrogen-bond acceptors (Lipinski definition) is 2. The topological polar surface area (TPSA) is 55.1 Å². The number of amides is 1. The Kier molecular flexibility index (Phi) is 4.74. The van der Waals surface area contributed by atoms with E-state index >= 15 is 0 Å². The first-order valence-electron chi connectivity index (χ1n) is 5.67. The van der Waals surface area contributed by atoms with E-state index in [2.05, 4.69) is 11.2 Å². The first-order chi connectivity index (χ1) is 8.08. The number of primary amides is 1. The normalized spacial score (nSPS) is 11.8. The summed E-state index contributed by atoms with van der Waals surface area (Å²) in [5.74, 6) is 2.29. The highest BCUT2D eigenvalue weighted by Crippen LogP contribution is 2.11. The summed E-state index contributed by atoms with van der Waals surface area (Å²) >= 11 is 0. The van der Waals surface area contributed by atoms with Gasteiger partial charge in [-0.15, -0.1) is 6.42 Å². The molecule has 90 valence electrons. The largest absolute Gasteiger partial charge is 0.366 e. The smallest absolute Gasteiger partial charge is 0.248 e. The Morgan fingerprint density at radius 3 is 2.76 bits per heavy atom. The summed E-state index contributed by atoms with van der Waals surface area (Å²) < 4.78 is 0. The lowest BCUT2D eigenvalue weighted by Crippen LogP contribution is -2.26. The molecule has 0 aliphatic rings. The molecule has 0 saturated carbocycles. The molecule has 17 heavy (non-hydrogen) atoms. The van der Waals surface area contributed by atoms with Crippen molar-refractivity contribution in [2.45, 2.75) is 32.9 Å². The van der Waals surface area contributed by atoms with Crippen molar-refractivity contribution < 1.29 is 4.79 Å². The van der Waals surface area contributed by atoms with Crippen molar-refractivity contribution in [1.29, 1.82) is 0 Å². The highest BCUT2D eigenvalue weighted by atomic mass is 16.1. The molecule has 3 heteroatoms. The third-order valence-electron chi connectivity index (χ3n) is 2.78. The molecular formula is C14H18N2O. The molecular weight excluding hydrogens is 212 g/mol. The zero-order chi connectivity index (χ0) is 12.8. The molecule has 0 aromatic heterocycles. The minimum Gasteiger partial charge on any atom is -0.366 e. The number of carbonyl (C=O) groups excluding carboxylic acids is 1. The first-order valence-corrected chi connectivity index (χ1v) is 5.67. The molecule has 0 bridgehead atoms. The Labute approximate surface area is 102 Å². The van der Waals surface area contributed by atoms with E-state index in [1.807, 2.05) is 19.9 Å². The number of hydrogen-bond donors (Lipinski definition) is 2. The summed E-state index contributed by atoms with van der Waals surface area (Å²) in [6.45, 7) is 4.70. The van der Waals surface area contributed by atoms with E-state index < -0.39 is 5.91 Å². The standard InChI is InChI=1S/C14H18N2O/c1-4-13(5-2)16-9-12-7-6-11(14(15)17)8-10(12)3/h1,6-8,13,16H,5,9H2,2-3H3,(H2,15,17). The van der Waals surface area contributed by atoms with Gasteiger partial charge in [0.25, 0.3) is 0 Å². The van der Waals surface area contributed by atoms with Gasteiger partial charge in [-0.25, -0.2) is 0 Å². The van der Waals surface area contributed by atoms with Gasteiger partial charge in [-0.1, -0.05) is 18.9 Å². The molecule has 0 radical (unpaired) electrons. The van der Waals surface area contributed by atoms with Crippen LogP contribution in [0.1, 0.15) is 34.8 Å². The van der Waals surface area contributed by atoms with Crippen LogP contribution < -0.4 is 11.1 Å². The van der Waals surface area contributed by atoms with Gasteiger partial charge in [-0.3, -0.25) is 10.1 Å². The summed E-state index contributed by atoms with van der Waals surface area (Å²) in [4.78, 5) is 11.0. The molecule has 0 fully saturated rings. The van der Waals surface area contributed by atoms with Crippen LogP contribution in [0.5, 0.6) is 0 Å². The lowest BCUT2D eigenvalue weighted by atomic mass is 10.0. The molecule has 0 heterocycles. The van der Waals surface area contributed by atoms with E-state index in [9.17, 15) is 4.79 Å². The van der Waals surface area contributed by atoms with Gasteiger partial charge in [0.05, 0.1) is 6.04 Å². The van der Waals surface area contributed by atoms with Crippen LogP contribution in [0.15, 0.2) is 18.2 Å². The van der Waals surface area contributed by atoms with Gasteiger partial charge >= 0.3 is 0 Å².